The highest BCUT2D eigenvalue weighted by molar-refractivity contribution is 7.91. The molecule has 0 spiro atoms. The summed E-state index contributed by atoms with van der Waals surface area (Å²) in [5.74, 6) is -0.436. The van der Waals surface area contributed by atoms with Crippen molar-refractivity contribution in [1.82, 2.24) is 4.72 Å². The van der Waals surface area contributed by atoms with E-state index in [9.17, 15) is 13.2 Å². The van der Waals surface area contributed by atoms with Gasteiger partial charge < -0.3 is 4.74 Å². The van der Waals surface area contributed by atoms with Crippen molar-refractivity contribution in [2.45, 2.75) is 20.8 Å². The van der Waals surface area contributed by atoms with Crippen LogP contribution in [0.25, 0.3) is 0 Å². The van der Waals surface area contributed by atoms with Gasteiger partial charge in [0.1, 0.15) is 9.88 Å². The molecule has 6 nitrogen and oxygen atoms in total. The first-order valence-electron chi connectivity index (χ1n) is 5.44. The summed E-state index contributed by atoms with van der Waals surface area (Å²) in [4.78, 5) is 12.0. The van der Waals surface area contributed by atoms with Crippen molar-refractivity contribution in [1.29, 1.82) is 0 Å². The first-order chi connectivity index (χ1) is 8.39. The van der Waals surface area contributed by atoms with Crippen molar-refractivity contribution in [3.05, 3.63) is 16.5 Å². The number of carbonyl (C=O) groups excluding carboxylic acids is 1. The Balaban J connectivity index is 2.88. The Morgan fingerprint density at radius 3 is 2.67 bits per heavy atom. The van der Waals surface area contributed by atoms with Gasteiger partial charge in [-0.05, 0) is 25.5 Å². The molecule has 0 amide bonds. The third-order valence-corrected chi connectivity index (χ3v) is 4.37. The molecule has 1 aromatic heterocycles. The first-order valence-corrected chi connectivity index (χ1v) is 7.74. The topological polar surface area (TPSA) is 84.5 Å². The van der Waals surface area contributed by atoms with Crippen molar-refractivity contribution in [2.75, 3.05) is 17.9 Å². The standard InChI is InChI=1S/C10H16N2O4S2/c1-4-11-18(14,15)12-8-6-7(3)9(17-8)10(13)16-5-2/h6,11-12H,4-5H2,1-3H3. The lowest BCUT2D eigenvalue weighted by molar-refractivity contribution is 0.0531. The molecule has 0 saturated carbocycles. The lowest BCUT2D eigenvalue weighted by Crippen LogP contribution is -2.29. The highest BCUT2D eigenvalue weighted by Gasteiger charge is 2.17. The quantitative estimate of drug-likeness (QED) is 0.778. The predicted octanol–water partition coefficient (Wildman–Crippen LogP) is 1.50. The number of anilines is 1. The Bertz CT molecular complexity index is 522. The van der Waals surface area contributed by atoms with Gasteiger partial charge in [-0.1, -0.05) is 6.92 Å². The Kier molecular flexibility index (Phi) is 5.12. The molecule has 0 fully saturated rings. The molecule has 0 aliphatic rings. The van der Waals surface area contributed by atoms with Crippen molar-refractivity contribution >= 4 is 32.5 Å². The van der Waals surface area contributed by atoms with E-state index < -0.39 is 16.2 Å². The van der Waals surface area contributed by atoms with Gasteiger partial charge in [-0.25, -0.2) is 4.79 Å². The minimum Gasteiger partial charge on any atom is -0.462 e. The Morgan fingerprint density at radius 1 is 1.44 bits per heavy atom. The number of hydrogen-bond acceptors (Lipinski definition) is 5. The van der Waals surface area contributed by atoms with Gasteiger partial charge in [-0.15, -0.1) is 11.3 Å². The van der Waals surface area contributed by atoms with Crippen LogP contribution in [0.5, 0.6) is 0 Å². The summed E-state index contributed by atoms with van der Waals surface area (Å²) in [5, 5.41) is 0.386. The second kappa shape index (κ2) is 6.17. The molecule has 2 N–H and O–H groups in total. The van der Waals surface area contributed by atoms with Crippen LogP contribution < -0.4 is 9.44 Å². The van der Waals surface area contributed by atoms with Crippen molar-refractivity contribution in [3.8, 4) is 0 Å². The molecule has 0 aliphatic heterocycles. The number of hydrogen-bond donors (Lipinski definition) is 2. The SMILES string of the molecule is CCNS(=O)(=O)Nc1cc(C)c(C(=O)OCC)s1. The van der Waals surface area contributed by atoms with Crippen LogP contribution in [-0.4, -0.2) is 27.5 Å². The molecule has 1 rings (SSSR count). The van der Waals surface area contributed by atoms with E-state index in [1.54, 1.807) is 26.8 Å². The molecule has 0 radical (unpaired) electrons. The molecule has 18 heavy (non-hydrogen) atoms. The fourth-order valence-corrected chi connectivity index (χ4v) is 3.38. The molecule has 0 atom stereocenters. The van der Waals surface area contributed by atoms with Gasteiger partial charge in [0.15, 0.2) is 0 Å². The van der Waals surface area contributed by atoms with Gasteiger partial charge in [0.2, 0.25) is 0 Å². The molecule has 1 heterocycles. The Morgan fingerprint density at radius 2 is 2.11 bits per heavy atom. The summed E-state index contributed by atoms with van der Waals surface area (Å²) >= 11 is 1.06. The maximum atomic E-state index is 11.6. The van der Waals surface area contributed by atoms with Crippen LogP contribution in [-0.2, 0) is 14.9 Å². The number of aryl methyl sites for hydroxylation is 1. The number of thiophene rings is 1. The molecule has 102 valence electrons. The largest absolute Gasteiger partial charge is 0.462 e. The minimum absolute atomic E-state index is 0.286. The van der Waals surface area contributed by atoms with Gasteiger partial charge in [0.25, 0.3) is 10.2 Å². The molecule has 0 unspecified atom stereocenters. The van der Waals surface area contributed by atoms with Crippen LogP contribution in [0.3, 0.4) is 0 Å². The van der Waals surface area contributed by atoms with E-state index in [0.717, 1.165) is 11.3 Å². The summed E-state index contributed by atoms with van der Waals surface area (Å²) in [5.41, 5.74) is 0.688. The molecular formula is C10H16N2O4S2. The molecule has 0 aromatic carbocycles. The van der Waals surface area contributed by atoms with E-state index in [-0.39, 0.29) is 6.61 Å². The van der Waals surface area contributed by atoms with Gasteiger partial charge in [0.05, 0.1) is 6.61 Å². The van der Waals surface area contributed by atoms with Crippen LogP contribution in [0, 0.1) is 6.92 Å². The van der Waals surface area contributed by atoms with Crippen molar-refractivity contribution in [2.24, 2.45) is 0 Å². The molecule has 8 heteroatoms. The second-order valence-corrected chi connectivity index (χ2v) is 6.00. The normalized spacial score (nSPS) is 11.3. The van der Waals surface area contributed by atoms with Gasteiger partial charge in [-0.2, -0.15) is 13.1 Å². The van der Waals surface area contributed by atoms with E-state index in [4.69, 9.17) is 4.74 Å². The summed E-state index contributed by atoms with van der Waals surface area (Å²) in [6.07, 6.45) is 0. The lowest BCUT2D eigenvalue weighted by atomic mass is 10.3. The van der Waals surface area contributed by atoms with Crippen molar-refractivity contribution < 1.29 is 17.9 Å². The summed E-state index contributed by atoms with van der Waals surface area (Å²) in [6, 6.07) is 1.60. The summed E-state index contributed by atoms with van der Waals surface area (Å²) < 4.78 is 32.5. The average molecular weight is 292 g/mol. The van der Waals surface area contributed by atoms with Crippen LogP contribution in [0.2, 0.25) is 0 Å². The maximum absolute atomic E-state index is 11.6. The van der Waals surface area contributed by atoms with Gasteiger partial charge >= 0.3 is 5.97 Å². The number of ether oxygens (including phenoxy) is 1. The van der Waals surface area contributed by atoms with E-state index >= 15 is 0 Å². The van der Waals surface area contributed by atoms with Crippen LogP contribution in [0.15, 0.2) is 6.07 Å². The van der Waals surface area contributed by atoms with Crippen LogP contribution in [0.1, 0.15) is 29.1 Å². The van der Waals surface area contributed by atoms with E-state index in [1.165, 1.54) is 0 Å². The minimum atomic E-state index is -3.57. The molecule has 1 aromatic rings. The third kappa shape index (κ3) is 3.97. The van der Waals surface area contributed by atoms with E-state index in [2.05, 4.69) is 9.44 Å². The smallest absolute Gasteiger partial charge is 0.348 e. The van der Waals surface area contributed by atoms with E-state index in [0.29, 0.717) is 22.0 Å². The Hall–Kier alpha value is -1.12. The average Bonchev–Trinajstić information content (AvgIpc) is 2.58. The predicted molar refractivity (Wildman–Crippen MR) is 71.2 cm³/mol. The third-order valence-electron chi connectivity index (χ3n) is 1.95. The summed E-state index contributed by atoms with van der Waals surface area (Å²) in [7, 11) is -3.57. The number of esters is 1. The second-order valence-electron chi connectivity index (χ2n) is 3.45. The lowest BCUT2D eigenvalue weighted by Gasteiger charge is -2.04. The zero-order valence-electron chi connectivity index (χ0n) is 10.4. The zero-order valence-corrected chi connectivity index (χ0v) is 12.1. The molecule has 0 aliphatic carbocycles. The fourth-order valence-electron chi connectivity index (χ4n) is 1.29. The molecule has 0 bridgehead atoms. The maximum Gasteiger partial charge on any atom is 0.348 e. The molecule has 0 saturated heterocycles. The number of nitrogens with one attached hydrogen (secondary N) is 2. The van der Waals surface area contributed by atoms with Crippen LogP contribution >= 0.6 is 11.3 Å². The zero-order chi connectivity index (χ0) is 13.8. The fraction of sp³-hybridized carbons (Fsp3) is 0.500. The first kappa shape index (κ1) is 14.9. The van der Waals surface area contributed by atoms with Crippen LogP contribution in [0.4, 0.5) is 5.00 Å². The Labute approximate surface area is 111 Å². The van der Waals surface area contributed by atoms with Gasteiger partial charge in [-0.3, -0.25) is 4.72 Å². The van der Waals surface area contributed by atoms with Gasteiger partial charge in [0, 0.05) is 6.54 Å². The number of carbonyl (C=O) groups is 1. The van der Waals surface area contributed by atoms with E-state index in [1.807, 2.05) is 0 Å². The van der Waals surface area contributed by atoms with Crippen molar-refractivity contribution in [3.63, 3.8) is 0 Å². The molecular weight excluding hydrogens is 276 g/mol. The number of rotatable bonds is 6. The highest BCUT2D eigenvalue weighted by Crippen LogP contribution is 2.27. The summed E-state index contributed by atoms with van der Waals surface area (Å²) in [6.45, 7) is 5.71. The highest BCUT2D eigenvalue weighted by atomic mass is 32.2. The monoisotopic (exact) mass is 292 g/mol.